The monoisotopic (exact) mass is 683 g/mol. The molecule has 1 heterocycles. The number of methoxy groups -OCH3 is 2. The van der Waals surface area contributed by atoms with Gasteiger partial charge >= 0.3 is 12.1 Å². The van der Waals surface area contributed by atoms with Crippen molar-refractivity contribution in [1.82, 2.24) is 4.31 Å². The van der Waals surface area contributed by atoms with Crippen molar-refractivity contribution in [2.45, 2.75) is 43.0 Å². The second-order valence-electron chi connectivity index (χ2n) is 12.0. The molecule has 0 spiro atoms. The average molecular weight is 684 g/mol. The summed E-state index contributed by atoms with van der Waals surface area (Å²) in [6, 6.07) is 17.8. The molecule has 4 N–H and O–H groups in total. The zero-order chi connectivity index (χ0) is 34.3. The number of para-hydroxylation sites is 1. The van der Waals surface area contributed by atoms with E-state index in [1.54, 1.807) is 36.7 Å². The van der Waals surface area contributed by atoms with Gasteiger partial charge in [-0.25, -0.2) is 9.59 Å². The van der Waals surface area contributed by atoms with Crippen LogP contribution in [-0.2, 0) is 14.2 Å². The summed E-state index contributed by atoms with van der Waals surface area (Å²) in [5.41, 5.74) is 2.26. The Labute approximate surface area is 283 Å². The number of aromatic carboxylic acids is 1. The third-order valence-corrected chi connectivity index (χ3v) is 11.0. The largest absolute Gasteiger partial charge is 0.490 e. The van der Waals surface area contributed by atoms with E-state index >= 15 is 0 Å². The van der Waals surface area contributed by atoms with Crippen LogP contribution in [0.2, 0.25) is 0 Å². The summed E-state index contributed by atoms with van der Waals surface area (Å²) in [7, 11) is 1.31. The van der Waals surface area contributed by atoms with Crippen molar-refractivity contribution in [3.05, 3.63) is 66.2 Å². The fourth-order valence-electron chi connectivity index (χ4n) is 6.48. The smallest absolute Gasteiger partial charge is 0.411 e. The van der Waals surface area contributed by atoms with Crippen molar-refractivity contribution < 1.29 is 42.7 Å². The number of fused-ring (bicyclic) bond motifs is 1. The molecule has 1 unspecified atom stereocenters. The van der Waals surface area contributed by atoms with E-state index in [0.29, 0.717) is 40.6 Å². The molecule has 0 bridgehead atoms. The van der Waals surface area contributed by atoms with Gasteiger partial charge in [-0.15, -0.1) is 10.8 Å². The lowest BCUT2D eigenvalue weighted by molar-refractivity contribution is 0.0698. The van der Waals surface area contributed by atoms with Gasteiger partial charge in [0.2, 0.25) is 0 Å². The van der Waals surface area contributed by atoms with E-state index in [0.717, 1.165) is 31.4 Å². The highest BCUT2D eigenvalue weighted by atomic mass is 32.3. The minimum absolute atomic E-state index is 0.00255. The second-order valence-corrected chi connectivity index (χ2v) is 14.0. The molecule has 260 valence electrons. The predicted octanol–water partition coefficient (Wildman–Crippen LogP) is 7.33. The number of ether oxygens (including phenoxy) is 4. The molecular weight excluding hydrogens is 638 g/mol. The Morgan fingerprint density at radius 3 is 2.31 bits per heavy atom. The lowest BCUT2D eigenvalue weighted by Gasteiger charge is -2.46. The van der Waals surface area contributed by atoms with E-state index in [1.807, 2.05) is 30.3 Å². The van der Waals surface area contributed by atoms with Gasteiger partial charge in [-0.1, -0.05) is 43.5 Å². The summed E-state index contributed by atoms with van der Waals surface area (Å²) >= 11 is 0. The lowest BCUT2D eigenvalue weighted by atomic mass is 9.83. The first-order chi connectivity index (χ1) is 23.1. The van der Waals surface area contributed by atoms with E-state index in [4.69, 9.17) is 18.9 Å². The number of amides is 1. The molecular formula is C35H45N3O9S. The fraction of sp³-hybridized carbons (Fsp3) is 0.429. The van der Waals surface area contributed by atoms with Crippen LogP contribution < -0.4 is 15.0 Å². The number of carboxylic acids is 1. The maximum Gasteiger partial charge on any atom is 0.411 e. The van der Waals surface area contributed by atoms with Gasteiger partial charge in [0.1, 0.15) is 19.0 Å². The van der Waals surface area contributed by atoms with Crippen LogP contribution in [0.1, 0.15) is 42.5 Å². The summed E-state index contributed by atoms with van der Waals surface area (Å²) in [6.45, 7) is 1.24. The molecule has 1 aliphatic carbocycles. The van der Waals surface area contributed by atoms with Crippen molar-refractivity contribution in [2.24, 2.45) is 5.92 Å². The molecule has 5 rings (SSSR count). The maximum atomic E-state index is 12.4. The Hall–Kier alpha value is -3.85. The highest BCUT2D eigenvalue weighted by Gasteiger charge is 2.41. The number of carbonyl (C=O) groups is 2. The summed E-state index contributed by atoms with van der Waals surface area (Å²) in [5.74, 6) is -0.571. The standard InChI is InChI=1S/C35H45N3O9S/c1-37-31(24-10-6-4-7-11-24)23-38(26-12-8-5-9-13-26)30-22-32(46-18-16-44-2)27(21-33(30)48(37,42)43)25-14-15-29(28(20-25)34(39)40)36-35(41)47-19-17-45-3/h5,8-9,12-15,20-22,24,31,42-43H,4,6-7,10-11,16-19,23H2,1-3H3,(H,36,41)(H,39,40). The first-order valence-corrected chi connectivity index (χ1v) is 17.6. The number of carbonyl (C=O) groups excluding carboxylic acids is 1. The zero-order valence-electron chi connectivity index (χ0n) is 27.6. The molecule has 12 nitrogen and oxygen atoms in total. The molecule has 48 heavy (non-hydrogen) atoms. The number of hydrogen-bond donors (Lipinski definition) is 4. The van der Waals surface area contributed by atoms with Crippen molar-refractivity contribution in [2.75, 3.05) is 64.5 Å². The van der Waals surface area contributed by atoms with Crippen LogP contribution in [0.25, 0.3) is 11.1 Å². The van der Waals surface area contributed by atoms with Crippen molar-refractivity contribution in [1.29, 1.82) is 0 Å². The van der Waals surface area contributed by atoms with Crippen molar-refractivity contribution in [3.8, 4) is 16.9 Å². The molecule has 1 atom stereocenters. The molecule has 0 saturated heterocycles. The topological polar surface area (TPSA) is 150 Å². The van der Waals surface area contributed by atoms with Crippen molar-refractivity contribution >= 4 is 39.9 Å². The molecule has 3 aromatic rings. The van der Waals surface area contributed by atoms with Crippen molar-refractivity contribution in [3.63, 3.8) is 0 Å². The number of likely N-dealkylation sites (N-methyl/N-ethyl adjacent to an activating group) is 1. The molecule has 0 aromatic heterocycles. The van der Waals surface area contributed by atoms with Gasteiger partial charge in [0, 0.05) is 51.2 Å². The summed E-state index contributed by atoms with van der Waals surface area (Å²) in [6.07, 6.45) is 4.60. The molecule has 1 fully saturated rings. The summed E-state index contributed by atoms with van der Waals surface area (Å²) in [5, 5.41) is 12.6. The first kappa shape index (κ1) is 35.5. The quantitative estimate of drug-likeness (QED) is 0.142. The minimum atomic E-state index is -3.52. The molecule has 2 aliphatic rings. The van der Waals surface area contributed by atoms with Gasteiger partial charge in [-0.05, 0) is 54.7 Å². The molecule has 1 saturated carbocycles. The highest BCUT2D eigenvalue weighted by Crippen LogP contribution is 2.61. The number of nitrogens with one attached hydrogen (secondary N) is 1. The van der Waals surface area contributed by atoms with Gasteiger partial charge in [0.25, 0.3) is 0 Å². The van der Waals surface area contributed by atoms with E-state index in [2.05, 4.69) is 10.2 Å². The first-order valence-electron chi connectivity index (χ1n) is 16.1. The molecule has 13 heteroatoms. The van der Waals surface area contributed by atoms with Crippen LogP contribution in [0, 0.1) is 5.92 Å². The SMILES string of the molecule is COCCOC(=O)Nc1ccc(-c2cc3c(cc2OCCOC)N(c2ccccc2)CC(C2CCCCC2)N(C)S3(O)O)cc1C(=O)O. The van der Waals surface area contributed by atoms with E-state index in [9.17, 15) is 23.8 Å². The summed E-state index contributed by atoms with van der Waals surface area (Å²) in [4.78, 5) is 27.2. The van der Waals surface area contributed by atoms with Gasteiger partial charge in [0.15, 0.2) is 0 Å². The maximum absolute atomic E-state index is 12.4. The fourth-order valence-corrected chi connectivity index (χ4v) is 8.13. The molecule has 1 amide bonds. The molecule has 3 aromatic carbocycles. The van der Waals surface area contributed by atoms with Gasteiger partial charge < -0.3 is 29.0 Å². The lowest BCUT2D eigenvalue weighted by Crippen LogP contribution is -2.45. The number of carboxylic acid groups (broad SMARTS) is 1. The average Bonchev–Trinajstić information content (AvgIpc) is 3.17. The minimum Gasteiger partial charge on any atom is -0.490 e. The number of benzene rings is 3. The zero-order valence-corrected chi connectivity index (χ0v) is 28.4. The van der Waals surface area contributed by atoms with E-state index in [-0.39, 0.29) is 43.0 Å². The highest BCUT2D eigenvalue weighted by molar-refractivity contribution is 8.22. The Morgan fingerprint density at radius 1 is 0.917 bits per heavy atom. The molecule has 1 aliphatic heterocycles. The normalized spacial score (nSPS) is 18.8. The Kier molecular flexibility index (Phi) is 11.8. The van der Waals surface area contributed by atoms with Crippen LogP contribution in [0.5, 0.6) is 5.75 Å². The summed E-state index contributed by atoms with van der Waals surface area (Å²) < 4.78 is 47.4. The Bertz CT molecular complexity index is 1570. The number of hydrogen-bond acceptors (Lipinski definition) is 10. The Balaban J connectivity index is 1.65. The third-order valence-electron chi connectivity index (χ3n) is 9.01. The Morgan fingerprint density at radius 2 is 1.62 bits per heavy atom. The predicted molar refractivity (Wildman–Crippen MR) is 186 cm³/mol. The molecule has 0 radical (unpaired) electrons. The van der Waals surface area contributed by atoms with Crippen LogP contribution in [0.3, 0.4) is 0 Å². The van der Waals surface area contributed by atoms with Gasteiger partial charge in [-0.2, -0.15) is 4.31 Å². The van der Waals surface area contributed by atoms with E-state index < -0.39 is 22.8 Å². The van der Waals surface area contributed by atoms with Gasteiger partial charge in [0.05, 0.1) is 35.0 Å². The van der Waals surface area contributed by atoms with Gasteiger partial charge in [-0.3, -0.25) is 14.4 Å². The number of nitrogens with zero attached hydrogens (tertiary/aromatic N) is 2. The number of rotatable bonds is 12. The van der Waals surface area contributed by atoms with Crippen LogP contribution in [0.4, 0.5) is 21.9 Å². The van der Waals surface area contributed by atoms with Crippen LogP contribution >= 0.6 is 10.8 Å². The second kappa shape index (κ2) is 16.0. The van der Waals surface area contributed by atoms with Crippen LogP contribution in [0.15, 0.2) is 65.6 Å². The number of anilines is 3. The van der Waals surface area contributed by atoms with E-state index in [1.165, 1.54) is 25.7 Å². The van der Waals surface area contributed by atoms with Crippen LogP contribution in [-0.4, -0.2) is 90.9 Å². The third kappa shape index (κ3) is 7.88.